The maximum Gasteiger partial charge on any atom is 0.389 e. The van der Waals surface area contributed by atoms with Gasteiger partial charge in [-0.1, -0.05) is 6.92 Å². The van der Waals surface area contributed by atoms with Gasteiger partial charge < -0.3 is 0 Å². The number of rotatable bonds is 2. The van der Waals surface area contributed by atoms with Crippen molar-refractivity contribution in [2.24, 2.45) is 5.92 Å². The minimum Gasteiger partial charge on any atom is -0.171 e. The zero-order valence-electron chi connectivity index (χ0n) is 5.70. The minimum atomic E-state index is -4.06. The molecule has 0 aliphatic heterocycles. The molecule has 0 fully saturated rings. The first kappa shape index (κ1) is 9.35. The van der Waals surface area contributed by atoms with E-state index in [0.717, 1.165) is 0 Å². The molecule has 1 unspecified atom stereocenters. The summed E-state index contributed by atoms with van der Waals surface area (Å²) in [7, 11) is 0. The third-order valence-corrected chi connectivity index (χ3v) is 1.15. The first-order valence-electron chi connectivity index (χ1n) is 2.98. The van der Waals surface area contributed by atoms with Gasteiger partial charge >= 0.3 is 6.18 Å². The van der Waals surface area contributed by atoms with Gasteiger partial charge in [0.2, 0.25) is 0 Å². The Hall–Kier alpha value is -0.650. The second kappa shape index (κ2) is 3.50. The van der Waals surface area contributed by atoms with Crippen LogP contribution in [0.1, 0.15) is 19.8 Å². The van der Waals surface area contributed by atoms with Gasteiger partial charge in [0, 0.05) is 12.3 Å². The molecule has 0 radical (unpaired) electrons. The third kappa shape index (κ3) is 5.49. The molecule has 0 aromatic carbocycles. The first-order chi connectivity index (χ1) is 4.45. The molecule has 0 nitrogen and oxygen atoms in total. The van der Waals surface area contributed by atoms with E-state index >= 15 is 0 Å². The van der Waals surface area contributed by atoms with Gasteiger partial charge in [-0.15, -0.1) is 12.3 Å². The van der Waals surface area contributed by atoms with E-state index in [0.29, 0.717) is 0 Å². The van der Waals surface area contributed by atoms with Crippen LogP contribution in [0.4, 0.5) is 13.2 Å². The van der Waals surface area contributed by atoms with E-state index in [4.69, 9.17) is 6.42 Å². The van der Waals surface area contributed by atoms with Crippen LogP contribution >= 0.6 is 0 Å². The van der Waals surface area contributed by atoms with Crippen LogP contribution in [-0.2, 0) is 0 Å². The fraction of sp³-hybridized carbons (Fsp3) is 0.714. The van der Waals surface area contributed by atoms with E-state index in [1.807, 2.05) is 0 Å². The molecular formula is C7H9F3. The summed E-state index contributed by atoms with van der Waals surface area (Å²) in [5.74, 6) is 1.96. The van der Waals surface area contributed by atoms with Crippen LogP contribution in [-0.4, -0.2) is 6.18 Å². The third-order valence-electron chi connectivity index (χ3n) is 1.15. The highest BCUT2D eigenvalue weighted by Crippen LogP contribution is 2.23. The van der Waals surface area contributed by atoms with Crippen LogP contribution in [0.5, 0.6) is 0 Å². The Morgan fingerprint density at radius 3 is 2.30 bits per heavy atom. The summed E-state index contributed by atoms with van der Waals surface area (Å²) in [6.45, 7) is 1.60. The molecule has 0 bridgehead atoms. The minimum absolute atomic E-state index is 0.0278. The number of hydrogen-bond donors (Lipinski definition) is 0. The lowest BCUT2D eigenvalue weighted by atomic mass is 10.1. The highest BCUT2D eigenvalue weighted by Gasteiger charge is 2.26. The average molecular weight is 150 g/mol. The molecule has 58 valence electrons. The van der Waals surface area contributed by atoms with E-state index in [2.05, 4.69) is 5.92 Å². The van der Waals surface area contributed by atoms with E-state index in [1.165, 1.54) is 0 Å². The van der Waals surface area contributed by atoms with Gasteiger partial charge in [0.05, 0.1) is 0 Å². The molecular weight excluding hydrogens is 141 g/mol. The molecule has 0 N–H and O–H groups in total. The van der Waals surface area contributed by atoms with Crippen LogP contribution < -0.4 is 0 Å². The van der Waals surface area contributed by atoms with Gasteiger partial charge in [-0.3, -0.25) is 0 Å². The van der Waals surface area contributed by atoms with Crippen molar-refractivity contribution in [3.8, 4) is 12.3 Å². The van der Waals surface area contributed by atoms with Gasteiger partial charge in [-0.05, 0) is 6.42 Å². The molecule has 0 amide bonds. The van der Waals surface area contributed by atoms with Gasteiger partial charge in [0.1, 0.15) is 0 Å². The van der Waals surface area contributed by atoms with E-state index < -0.39 is 12.6 Å². The van der Waals surface area contributed by atoms with Crippen LogP contribution in [0.15, 0.2) is 0 Å². The molecule has 0 heterocycles. The Balaban J connectivity index is 3.48. The van der Waals surface area contributed by atoms with E-state index in [9.17, 15) is 13.2 Å². The zero-order valence-corrected chi connectivity index (χ0v) is 5.70. The normalized spacial score (nSPS) is 14.3. The maximum absolute atomic E-state index is 11.5. The van der Waals surface area contributed by atoms with Crippen molar-refractivity contribution in [2.75, 3.05) is 0 Å². The maximum atomic E-state index is 11.5. The fourth-order valence-electron chi connectivity index (χ4n) is 0.464. The van der Waals surface area contributed by atoms with Gasteiger partial charge in [0.15, 0.2) is 0 Å². The molecule has 0 rings (SSSR count). The molecule has 3 heteroatoms. The monoisotopic (exact) mass is 150 g/mol. The predicted octanol–water partition coefficient (Wildman–Crippen LogP) is 2.60. The predicted molar refractivity (Wildman–Crippen MR) is 33.3 cm³/mol. The summed E-state index contributed by atoms with van der Waals surface area (Å²) in [6, 6.07) is 0. The summed E-state index contributed by atoms with van der Waals surface area (Å²) >= 11 is 0. The SMILES string of the molecule is C#CC(C)CCC(F)(F)F. The Morgan fingerprint density at radius 2 is 2.00 bits per heavy atom. The summed E-state index contributed by atoms with van der Waals surface area (Å²) in [5.41, 5.74) is 0. The second-order valence-corrected chi connectivity index (χ2v) is 2.22. The molecule has 0 aromatic heterocycles. The van der Waals surface area contributed by atoms with Crippen molar-refractivity contribution in [2.45, 2.75) is 25.9 Å². The number of halogens is 3. The van der Waals surface area contributed by atoms with Crippen molar-refractivity contribution in [1.82, 2.24) is 0 Å². The Bertz CT molecular complexity index is 129. The topological polar surface area (TPSA) is 0 Å². The summed E-state index contributed by atoms with van der Waals surface area (Å²) in [4.78, 5) is 0. The molecule has 0 saturated carbocycles. The Labute approximate surface area is 58.4 Å². The number of alkyl halides is 3. The smallest absolute Gasteiger partial charge is 0.171 e. The largest absolute Gasteiger partial charge is 0.389 e. The van der Waals surface area contributed by atoms with Gasteiger partial charge in [0.25, 0.3) is 0 Å². The average Bonchev–Trinajstić information content (AvgIpc) is 1.81. The molecule has 10 heavy (non-hydrogen) atoms. The highest BCUT2D eigenvalue weighted by molar-refractivity contribution is 4.90. The molecule has 0 saturated heterocycles. The molecule has 0 aromatic rings. The summed E-state index contributed by atoms with van der Waals surface area (Å²) < 4.78 is 34.5. The van der Waals surface area contributed by atoms with Crippen LogP contribution in [0.3, 0.4) is 0 Å². The van der Waals surface area contributed by atoms with Crippen molar-refractivity contribution in [3.63, 3.8) is 0 Å². The molecule has 0 aliphatic rings. The van der Waals surface area contributed by atoms with Crippen molar-refractivity contribution >= 4 is 0 Å². The van der Waals surface area contributed by atoms with Crippen molar-refractivity contribution < 1.29 is 13.2 Å². The van der Waals surface area contributed by atoms with Gasteiger partial charge in [-0.2, -0.15) is 13.2 Å². The lowest BCUT2D eigenvalue weighted by molar-refractivity contribution is -0.136. The van der Waals surface area contributed by atoms with E-state index in [-0.39, 0.29) is 12.3 Å². The zero-order chi connectivity index (χ0) is 8.20. The van der Waals surface area contributed by atoms with Crippen LogP contribution in [0, 0.1) is 18.3 Å². The lowest BCUT2D eigenvalue weighted by Gasteiger charge is -2.06. The number of hydrogen-bond acceptors (Lipinski definition) is 0. The van der Waals surface area contributed by atoms with E-state index in [1.54, 1.807) is 6.92 Å². The van der Waals surface area contributed by atoms with Gasteiger partial charge in [-0.25, -0.2) is 0 Å². The summed E-state index contributed by atoms with van der Waals surface area (Å²) in [6.07, 6.45) is 0.0680. The number of terminal acetylenes is 1. The Morgan fingerprint density at radius 1 is 1.50 bits per heavy atom. The van der Waals surface area contributed by atoms with Crippen molar-refractivity contribution in [1.29, 1.82) is 0 Å². The second-order valence-electron chi connectivity index (χ2n) is 2.22. The van der Waals surface area contributed by atoms with Crippen LogP contribution in [0.2, 0.25) is 0 Å². The highest BCUT2D eigenvalue weighted by atomic mass is 19.4. The standard InChI is InChI=1S/C7H9F3/c1-3-6(2)4-5-7(8,9)10/h1,6H,4-5H2,2H3. The Kier molecular flexibility index (Phi) is 3.27. The lowest BCUT2D eigenvalue weighted by Crippen LogP contribution is -2.08. The molecule has 1 atom stereocenters. The summed E-state index contributed by atoms with van der Waals surface area (Å²) in [5, 5.41) is 0. The quantitative estimate of drug-likeness (QED) is 0.531. The molecule has 0 spiro atoms. The first-order valence-corrected chi connectivity index (χ1v) is 2.98. The van der Waals surface area contributed by atoms with Crippen molar-refractivity contribution in [3.05, 3.63) is 0 Å². The fourth-order valence-corrected chi connectivity index (χ4v) is 0.464. The van der Waals surface area contributed by atoms with Crippen LogP contribution in [0.25, 0.3) is 0 Å². The molecule has 0 aliphatic carbocycles.